The minimum Gasteiger partial charge on any atom is -0.390 e. The van der Waals surface area contributed by atoms with E-state index in [1.54, 1.807) is 0 Å². The van der Waals surface area contributed by atoms with Crippen molar-refractivity contribution >= 4 is 0 Å². The summed E-state index contributed by atoms with van der Waals surface area (Å²) in [5.41, 5.74) is 0. The van der Waals surface area contributed by atoms with E-state index in [0.29, 0.717) is 5.92 Å². The van der Waals surface area contributed by atoms with E-state index in [0.717, 1.165) is 37.5 Å². The first-order chi connectivity index (χ1) is 13.0. The number of alkyl halides is 3. The quantitative estimate of drug-likeness (QED) is 0.690. The first-order valence-electron chi connectivity index (χ1n) is 11.0. The van der Waals surface area contributed by atoms with Crippen LogP contribution in [0.15, 0.2) is 0 Å². The highest BCUT2D eigenvalue weighted by Gasteiger charge is 2.54. The number of hydrogen-bond donors (Lipinski definition) is 1. The summed E-state index contributed by atoms with van der Waals surface area (Å²) >= 11 is 0. The van der Waals surface area contributed by atoms with E-state index < -0.39 is 36.5 Å². The van der Waals surface area contributed by atoms with Crippen LogP contribution in [0.3, 0.4) is 0 Å². The van der Waals surface area contributed by atoms with Gasteiger partial charge in [0.25, 0.3) is 0 Å². The minimum absolute atomic E-state index is 0.0821. The lowest BCUT2D eigenvalue weighted by molar-refractivity contribution is -0.118. The molecule has 5 heteroatoms. The number of aliphatic hydroxyl groups excluding tert-OH is 1. The molecule has 0 aliphatic heterocycles. The van der Waals surface area contributed by atoms with Crippen LogP contribution >= 0.6 is 0 Å². The highest BCUT2D eigenvalue weighted by molar-refractivity contribution is 5.08. The van der Waals surface area contributed by atoms with Gasteiger partial charge in [-0.25, -0.2) is 13.2 Å². The number of nitrogens with zero attached hydrogens (tertiary/aromatic N) is 1. The van der Waals surface area contributed by atoms with Crippen molar-refractivity contribution in [1.82, 2.24) is 0 Å². The SMILES string of the molecule is CCCC1CCC(C2CCC(C3C(O)C(F)C(F)C(F)C3C#N)CC2)CC1. The Hall–Kier alpha value is -0.760. The molecule has 3 saturated carbocycles. The Morgan fingerprint density at radius 1 is 0.815 bits per heavy atom. The van der Waals surface area contributed by atoms with Crippen molar-refractivity contribution in [3.63, 3.8) is 0 Å². The van der Waals surface area contributed by atoms with Gasteiger partial charge in [-0.2, -0.15) is 5.26 Å². The van der Waals surface area contributed by atoms with Crippen molar-refractivity contribution in [3.8, 4) is 6.07 Å². The molecule has 3 aliphatic rings. The highest BCUT2D eigenvalue weighted by atomic mass is 19.2. The van der Waals surface area contributed by atoms with Crippen molar-refractivity contribution < 1.29 is 18.3 Å². The number of rotatable bonds is 4. The van der Waals surface area contributed by atoms with Crippen LogP contribution < -0.4 is 0 Å². The van der Waals surface area contributed by atoms with Gasteiger partial charge in [-0.1, -0.05) is 32.6 Å². The monoisotopic (exact) mass is 385 g/mol. The third-order valence-corrected chi connectivity index (χ3v) is 7.85. The van der Waals surface area contributed by atoms with Crippen molar-refractivity contribution in [2.24, 2.45) is 35.5 Å². The van der Waals surface area contributed by atoms with Gasteiger partial charge in [0.05, 0.1) is 18.1 Å². The standard InChI is InChI=1S/C22H34F3NO/c1-2-3-13-4-6-14(7-5-13)15-8-10-16(11-9-15)18-17(12-26)19(23)20(24)21(25)22(18)27/h13-22,27H,2-11H2,1H3. The van der Waals surface area contributed by atoms with Gasteiger partial charge in [-0.3, -0.25) is 0 Å². The van der Waals surface area contributed by atoms with E-state index in [-0.39, 0.29) is 5.92 Å². The van der Waals surface area contributed by atoms with Crippen LogP contribution in [0.25, 0.3) is 0 Å². The average molecular weight is 386 g/mol. The third-order valence-electron chi connectivity index (χ3n) is 7.85. The molecule has 0 spiro atoms. The van der Waals surface area contributed by atoms with Gasteiger partial charge in [-0.05, 0) is 62.2 Å². The molecule has 3 aliphatic carbocycles. The van der Waals surface area contributed by atoms with Crippen LogP contribution in [0, 0.1) is 46.8 Å². The number of hydrogen-bond acceptors (Lipinski definition) is 2. The van der Waals surface area contributed by atoms with Crippen LogP contribution in [-0.2, 0) is 0 Å². The molecule has 3 fully saturated rings. The first-order valence-corrected chi connectivity index (χ1v) is 11.0. The Kier molecular flexibility index (Phi) is 7.11. The molecule has 3 rings (SSSR count). The number of halogens is 3. The van der Waals surface area contributed by atoms with E-state index in [1.165, 1.54) is 38.5 Å². The Morgan fingerprint density at radius 3 is 1.85 bits per heavy atom. The van der Waals surface area contributed by atoms with E-state index in [9.17, 15) is 23.5 Å². The number of nitriles is 1. The Morgan fingerprint density at radius 2 is 1.33 bits per heavy atom. The van der Waals surface area contributed by atoms with Crippen LogP contribution in [0.2, 0.25) is 0 Å². The van der Waals surface area contributed by atoms with Crippen LogP contribution in [0.4, 0.5) is 13.2 Å². The largest absolute Gasteiger partial charge is 0.390 e. The van der Waals surface area contributed by atoms with E-state index in [4.69, 9.17) is 0 Å². The lowest BCUT2D eigenvalue weighted by atomic mass is 9.62. The van der Waals surface area contributed by atoms with Crippen LogP contribution in [0.5, 0.6) is 0 Å². The van der Waals surface area contributed by atoms with Crippen molar-refractivity contribution in [2.75, 3.05) is 0 Å². The fourth-order valence-electron chi connectivity index (χ4n) is 6.29. The van der Waals surface area contributed by atoms with Crippen molar-refractivity contribution in [2.45, 2.75) is 95.8 Å². The first kappa shape index (κ1) is 21.0. The lowest BCUT2D eigenvalue weighted by Gasteiger charge is -2.45. The van der Waals surface area contributed by atoms with Gasteiger partial charge in [0, 0.05) is 5.92 Å². The second kappa shape index (κ2) is 9.16. The minimum atomic E-state index is -2.39. The molecule has 0 bridgehead atoms. The predicted octanol–water partition coefficient (Wildman–Crippen LogP) is 5.54. The summed E-state index contributed by atoms with van der Waals surface area (Å²) in [4.78, 5) is 0. The summed E-state index contributed by atoms with van der Waals surface area (Å²) in [6.45, 7) is 2.25. The summed E-state index contributed by atoms with van der Waals surface area (Å²) in [6.07, 6.45) is 3.07. The molecular weight excluding hydrogens is 351 g/mol. The van der Waals surface area contributed by atoms with Crippen molar-refractivity contribution in [1.29, 1.82) is 5.26 Å². The maximum absolute atomic E-state index is 14.2. The molecule has 6 atom stereocenters. The maximum atomic E-state index is 14.2. The zero-order valence-corrected chi connectivity index (χ0v) is 16.4. The molecule has 6 unspecified atom stereocenters. The molecule has 0 aromatic carbocycles. The van der Waals surface area contributed by atoms with E-state index >= 15 is 0 Å². The predicted molar refractivity (Wildman–Crippen MR) is 99.1 cm³/mol. The topological polar surface area (TPSA) is 44.0 Å². The molecule has 154 valence electrons. The summed E-state index contributed by atoms with van der Waals surface area (Å²) in [7, 11) is 0. The third kappa shape index (κ3) is 4.31. The summed E-state index contributed by atoms with van der Waals surface area (Å²) < 4.78 is 41.9. The van der Waals surface area contributed by atoms with E-state index in [2.05, 4.69) is 6.92 Å². The molecule has 0 saturated heterocycles. The molecule has 0 aromatic rings. The second-order valence-corrected chi connectivity index (χ2v) is 9.30. The highest BCUT2D eigenvalue weighted by Crippen LogP contribution is 2.48. The van der Waals surface area contributed by atoms with Gasteiger partial charge >= 0.3 is 0 Å². The van der Waals surface area contributed by atoms with Gasteiger partial charge < -0.3 is 5.11 Å². The smallest absolute Gasteiger partial charge is 0.166 e. The van der Waals surface area contributed by atoms with Gasteiger partial charge in [0.15, 0.2) is 18.5 Å². The summed E-state index contributed by atoms with van der Waals surface area (Å²) in [5.74, 6) is 0.178. The molecule has 0 aromatic heterocycles. The average Bonchev–Trinajstić information content (AvgIpc) is 2.70. The molecule has 0 heterocycles. The molecular formula is C22H34F3NO. The lowest BCUT2D eigenvalue weighted by Crippen LogP contribution is -2.55. The molecule has 2 nitrogen and oxygen atoms in total. The second-order valence-electron chi connectivity index (χ2n) is 9.30. The Balaban J connectivity index is 1.56. The Labute approximate surface area is 161 Å². The zero-order valence-electron chi connectivity index (χ0n) is 16.4. The van der Waals surface area contributed by atoms with E-state index in [1.807, 2.05) is 6.07 Å². The number of aliphatic hydroxyl groups is 1. The van der Waals surface area contributed by atoms with Crippen molar-refractivity contribution in [3.05, 3.63) is 0 Å². The molecule has 1 N–H and O–H groups in total. The van der Waals surface area contributed by atoms with Crippen LogP contribution in [-0.4, -0.2) is 29.7 Å². The summed E-state index contributed by atoms with van der Waals surface area (Å²) in [5, 5.41) is 19.6. The molecule has 0 amide bonds. The normalized spacial score (nSPS) is 48.7. The Bertz CT molecular complexity index is 508. The van der Waals surface area contributed by atoms with Crippen LogP contribution in [0.1, 0.15) is 71.1 Å². The molecule has 27 heavy (non-hydrogen) atoms. The maximum Gasteiger partial charge on any atom is 0.166 e. The summed E-state index contributed by atoms with van der Waals surface area (Å²) in [6, 6.07) is 1.83. The molecule has 0 radical (unpaired) electrons. The van der Waals surface area contributed by atoms with Gasteiger partial charge in [0.1, 0.15) is 0 Å². The van der Waals surface area contributed by atoms with Gasteiger partial charge in [0.2, 0.25) is 0 Å². The fraction of sp³-hybridized carbons (Fsp3) is 0.955. The zero-order chi connectivity index (χ0) is 19.6. The van der Waals surface area contributed by atoms with Gasteiger partial charge in [-0.15, -0.1) is 0 Å². The fourth-order valence-corrected chi connectivity index (χ4v) is 6.29.